The molecule has 90 valence electrons. The molecule has 0 saturated heterocycles. The number of rotatable bonds is 4. The second-order valence-corrected chi connectivity index (χ2v) is 3.45. The lowest BCUT2D eigenvalue weighted by atomic mass is 10.3. The van der Waals surface area contributed by atoms with Crippen LogP contribution in [0.25, 0.3) is 5.69 Å². The number of hydrogen-bond donors (Lipinski definition) is 0. The van der Waals surface area contributed by atoms with E-state index in [9.17, 15) is 9.18 Å². The van der Waals surface area contributed by atoms with Crippen LogP contribution in [0, 0.1) is 5.82 Å². The van der Waals surface area contributed by atoms with Crippen molar-refractivity contribution in [2.24, 2.45) is 0 Å². The molecule has 0 aliphatic rings. The Hall–Kier alpha value is -1.95. The highest BCUT2D eigenvalue weighted by Crippen LogP contribution is 2.09. The zero-order valence-corrected chi connectivity index (χ0v) is 9.34. The maximum Gasteiger partial charge on any atom is 0.350 e. The minimum absolute atomic E-state index is 0.196. The van der Waals surface area contributed by atoms with E-state index in [1.165, 1.54) is 27.7 Å². The molecule has 2 rings (SSSR count). The van der Waals surface area contributed by atoms with E-state index in [2.05, 4.69) is 5.10 Å². The van der Waals surface area contributed by atoms with Crippen molar-refractivity contribution >= 4 is 0 Å². The zero-order chi connectivity index (χ0) is 12.3. The molecular formula is C11H12FN3O2. The summed E-state index contributed by atoms with van der Waals surface area (Å²) in [5.41, 5.74) is -0.187. The summed E-state index contributed by atoms with van der Waals surface area (Å²) in [5.74, 6) is -0.458. The Morgan fingerprint density at radius 3 is 2.88 bits per heavy atom. The van der Waals surface area contributed by atoms with Gasteiger partial charge < -0.3 is 4.74 Å². The van der Waals surface area contributed by atoms with Gasteiger partial charge in [-0.2, -0.15) is 5.10 Å². The molecule has 0 atom stereocenters. The van der Waals surface area contributed by atoms with Gasteiger partial charge in [0.2, 0.25) is 0 Å². The van der Waals surface area contributed by atoms with Crippen molar-refractivity contribution in [3.8, 4) is 5.69 Å². The molecule has 0 aliphatic carbocycles. The summed E-state index contributed by atoms with van der Waals surface area (Å²) >= 11 is 0. The second-order valence-electron chi connectivity index (χ2n) is 3.45. The van der Waals surface area contributed by atoms with Crippen LogP contribution in [0.4, 0.5) is 4.39 Å². The van der Waals surface area contributed by atoms with Crippen molar-refractivity contribution in [3.63, 3.8) is 0 Å². The molecule has 0 spiro atoms. The van der Waals surface area contributed by atoms with Crippen molar-refractivity contribution in [3.05, 3.63) is 46.9 Å². The number of hydrogen-bond acceptors (Lipinski definition) is 3. The van der Waals surface area contributed by atoms with Gasteiger partial charge in [0.1, 0.15) is 12.1 Å². The highest BCUT2D eigenvalue weighted by atomic mass is 19.1. The summed E-state index contributed by atoms with van der Waals surface area (Å²) in [4.78, 5) is 11.9. The SMILES string of the molecule is COCCn1ncn(-c2ccccc2F)c1=O. The standard InChI is InChI=1S/C11H12FN3O2/c1-17-7-6-15-11(16)14(8-13-15)10-5-3-2-4-9(10)12/h2-5,8H,6-7H2,1H3. The third-order valence-corrected chi connectivity index (χ3v) is 2.35. The summed E-state index contributed by atoms with van der Waals surface area (Å²) in [6, 6.07) is 6.06. The molecule has 0 N–H and O–H groups in total. The van der Waals surface area contributed by atoms with Crippen molar-refractivity contribution < 1.29 is 9.13 Å². The number of ether oxygens (including phenoxy) is 1. The van der Waals surface area contributed by atoms with Crippen molar-refractivity contribution in [1.82, 2.24) is 14.3 Å². The van der Waals surface area contributed by atoms with E-state index < -0.39 is 5.82 Å². The summed E-state index contributed by atoms with van der Waals surface area (Å²) in [6.07, 6.45) is 1.30. The van der Waals surface area contributed by atoms with Crippen LogP contribution in [0.3, 0.4) is 0 Å². The summed E-state index contributed by atoms with van der Waals surface area (Å²) in [7, 11) is 1.54. The molecule has 6 heteroatoms. The molecule has 0 radical (unpaired) electrons. The van der Waals surface area contributed by atoms with Crippen LogP contribution in [0.1, 0.15) is 0 Å². The average Bonchev–Trinajstić information content (AvgIpc) is 2.69. The van der Waals surface area contributed by atoms with Crippen LogP contribution in [-0.2, 0) is 11.3 Å². The summed E-state index contributed by atoms with van der Waals surface area (Å²) < 4.78 is 20.8. The fourth-order valence-corrected chi connectivity index (χ4v) is 1.48. The zero-order valence-electron chi connectivity index (χ0n) is 9.34. The van der Waals surface area contributed by atoms with E-state index in [1.807, 2.05) is 0 Å². The van der Waals surface area contributed by atoms with Gasteiger partial charge in [0, 0.05) is 7.11 Å². The molecule has 0 fully saturated rings. The molecule has 17 heavy (non-hydrogen) atoms. The van der Waals surface area contributed by atoms with Crippen LogP contribution in [0.15, 0.2) is 35.4 Å². The highest BCUT2D eigenvalue weighted by Gasteiger charge is 2.09. The second kappa shape index (κ2) is 4.92. The summed E-state index contributed by atoms with van der Waals surface area (Å²) in [5, 5.41) is 3.89. The lowest BCUT2D eigenvalue weighted by Gasteiger charge is -2.01. The Morgan fingerprint density at radius 1 is 1.41 bits per heavy atom. The van der Waals surface area contributed by atoms with Gasteiger partial charge >= 0.3 is 5.69 Å². The highest BCUT2D eigenvalue weighted by molar-refractivity contribution is 5.32. The molecular weight excluding hydrogens is 225 g/mol. The predicted octanol–water partition coefficient (Wildman–Crippen LogP) is 0.819. The van der Waals surface area contributed by atoms with Crippen LogP contribution >= 0.6 is 0 Å². The lowest BCUT2D eigenvalue weighted by molar-refractivity contribution is 0.182. The van der Waals surface area contributed by atoms with E-state index in [-0.39, 0.29) is 11.4 Å². The quantitative estimate of drug-likeness (QED) is 0.791. The molecule has 1 aromatic heterocycles. The van der Waals surface area contributed by atoms with Gasteiger partial charge in [-0.15, -0.1) is 0 Å². The lowest BCUT2D eigenvalue weighted by Crippen LogP contribution is -2.25. The monoisotopic (exact) mass is 237 g/mol. The maximum absolute atomic E-state index is 13.5. The molecule has 0 unspecified atom stereocenters. The molecule has 1 heterocycles. The number of nitrogens with zero attached hydrogens (tertiary/aromatic N) is 3. The molecule has 0 saturated carbocycles. The number of aromatic nitrogens is 3. The fraction of sp³-hybridized carbons (Fsp3) is 0.273. The van der Waals surface area contributed by atoms with Gasteiger partial charge in [-0.25, -0.2) is 18.4 Å². The van der Waals surface area contributed by atoms with Crippen LogP contribution in [0.5, 0.6) is 0 Å². The van der Waals surface area contributed by atoms with E-state index >= 15 is 0 Å². The largest absolute Gasteiger partial charge is 0.383 e. The first-order valence-electron chi connectivity index (χ1n) is 5.12. The molecule has 0 amide bonds. The first-order valence-corrected chi connectivity index (χ1v) is 5.12. The van der Waals surface area contributed by atoms with Gasteiger partial charge in [0.05, 0.1) is 18.8 Å². The van der Waals surface area contributed by atoms with Gasteiger partial charge in [-0.3, -0.25) is 0 Å². The van der Waals surface area contributed by atoms with Gasteiger partial charge in [-0.05, 0) is 12.1 Å². The van der Waals surface area contributed by atoms with Gasteiger partial charge in [0.15, 0.2) is 0 Å². The van der Waals surface area contributed by atoms with Crippen LogP contribution in [0.2, 0.25) is 0 Å². The van der Waals surface area contributed by atoms with E-state index in [4.69, 9.17) is 4.74 Å². The minimum atomic E-state index is -0.458. The van der Waals surface area contributed by atoms with Crippen molar-refractivity contribution in [2.75, 3.05) is 13.7 Å². The van der Waals surface area contributed by atoms with E-state index in [1.54, 1.807) is 19.2 Å². The average molecular weight is 237 g/mol. The Labute approximate surface area is 97.1 Å². The summed E-state index contributed by atoms with van der Waals surface area (Å²) in [6.45, 7) is 0.727. The predicted molar refractivity (Wildman–Crippen MR) is 59.7 cm³/mol. The molecule has 2 aromatic rings. The number of methoxy groups -OCH3 is 1. The normalized spacial score (nSPS) is 10.7. The van der Waals surface area contributed by atoms with Crippen LogP contribution in [-0.4, -0.2) is 28.1 Å². The van der Waals surface area contributed by atoms with Crippen molar-refractivity contribution in [1.29, 1.82) is 0 Å². The molecule has 5 nitrogen and oxygen atoms in total. The number of para-hydroxylation sites is 1. The smallest absolute Gasteiger partial charge is 0.350 e. The Bertz CT molecular complexity index is 562. The van der Waals surface area contributed by atoms with Crippen LogP contribution < -0.4 is 5.69 Å². The first kappa shape index (κ1) is 11.5. The first-order chi connectivity index (χ1) is 8.24. The van der Waals surface area contributed by atoms with Gasteiger partial charge in [0.25, 0.3) is 0 Å². The Kier molecular flexibility index (Phi) is 3.34. The maximum atomic E-state index is 13.5. The molecule has 1 aromatic carbocycles. The number of halogens is 1. The topological polar surface area (TPSA) is 49.0 Å². The van der Waals surface area contributed by atoms with E-state index in [0.29, 0.717) is 13.2 Å². The Balaban J connectivity index is 2.38. The van der Waals surface area contributed by atoms with Crippen molar-refractivity contribution in [2.45, 2.75) is 6.54 Å². The molecule has 0 aliphatic heterocycles. The minimum Gasteiger partial charge on any atom is -0.383 e. The Morgan fingerprint density at radius 2 is 2.18 bits per heavy atom. The third-order valence-electron chi connectivity index (χ3n) is 2.35. The van der Waals surface area contributed by atoms with E-state index in [0.717, 1.165) is 0 Å². The molecule has 0 bridgehead atoms. The number of benzene rings is 1. The van der Waals surface area contributed by atoms with Gasteiger partial charge in [-0.1, -0.05) is 12.1 Å². The fourth-order valence-electron chi connectivity index (χ4n) is 1.48. The third kappa shape index (κ3) is 2.26.